The molecule has 0 unspecified atom stereocenters. The third kappa shape index (κ3) is 1.29. The zero-order valence-electron chi connectivity index (χ0n) is 8.88. The van der Waals surface area contributed by atoms with Gasteiger partial charge in [0.1, 0.15) is 0 Å². The first-order valence-corrected chi connectivity index (χ1v) is 5.41. The summed E-state index contributed by atoms with van der Waals surface area (Å²) in [5.41, 5.74) is 5.45. The third-order valence-corrected chi connectivity index (χ3v) is 3.26. The van der Waals surface area contributed by atoms with E-state index < -0.39 is 0 Å². The molecule has 2 aromatic rings. The Morgan fingerprint density at radius 2 is 2.07 bits per heavy atom. The molecule has 0 radical (unpaired) electrons. The van der Waals surface area contributed by atoms with Crippen LogP contribution in [0.3, 0.4) is 0 Å². The lowest BCUT2D eigenvalue weighted by Gasteiger charge is -2.13. The van der Waals surface area contributed by atoms with Gasteiger partial charge in [0.15, 0.2) is 0 Å². The molecule has 1 aliphatic carbocycles. The van der Waals surface area contributed by atoms with E-state index in [-0.39, 0.29) is 0 Å². The second kappa shape index (κ2) is 3.23. The van der Waals surface area contributed by atoms with E-state index in [0.717, 1.165) is 19.3 Å². The number of benzene rings is 1. The molecule has 0 amide bonds. The van der Waals surface area contributed by atoms with E-state index >= 15 is 0 Å². The number of fused-ring (bicyclic) bond motifs is 3. The molecule has 1 heterocycles. The summed E-state index contributed by atoms with van der Waals surface area (Å²) in [5.74, 6) is 0. The topological polar surface area (TPSA) is 28.1 Å². The molecule has 3 rings (SSSR count). The zero-order chi connectivity index (χ0) is 10.3. The third-order valence-electron chi connectivity index (χ3n) is 3.26. The van der Waals surface area contributed by atoms with Crippen molar-refractivity contribution in [2.75, 3.05) is 7.05 Å². The van der Waals surface area contributed by atoms with Gasteiger partial charge in [-0.15, -0.1) is 0 Å². The molecule has 1 N–H and O–H groups in total. The average molecular weight is 198 g/mol. The minimum atomic E-state index is 1.02. The van der Waals surface area contributed by atoms with Gasteiger partial charge >= 0.3 is 0 Å². The van der Waals surface area contributed by atoms with Crippen molar-refractivity contribution >= 4 is 16.6 Å². The maximum absolute atomic E-state index is 4.34. The Balaban J connectivity index is 2.22. The standard InChI is InChI=1S/C13H14N2/c1-14-9-6-7-13-11(8-9)10-4-2-3-5-12(10)15-13/h2-5,15H,6-8H2,1H3/b14-9+. The summed E-state index contributed by atoms with van der Waals surface area (Å²) < 4.78 is 0. The van der Waals surface area contributed by atoms with Crippen LogP contribution in [0.25, 0.3) is 10.9 Å². The number of hydrogen-bond donors (Lipinski definition) is 1. The molecule has 76 valence electrons. The van der Waals surface area contributed by atoms with Gasteiger partial charge in [0.25, 0.3) is 0 Å². The van der Waals surface area contributed by atoms with E-state index in [1.807, 2.05) is 7.05 Å². The summed E-state index contributed by atoms with van der Waals surface area (Å²) in [4.78, 5) is 7.84. The fourth-order valence-electron chi connectivity index (χ4n) is 2.42. The molecule has 0 bridgehead atoms. The smallest absolute Gasteiger partial charge is 0.0459 e. The normalized spacial score (nSPS) is 18.3. The summed E-state index contributed by atoms with van der Waals surface area (Å²) in [6, 6.07) is 8.53. The molecule has 0 saturated carbocycles. The van der Waals surface area contributed by atoms with Crippen molar-refractivity contribution in [2.45, 2.75) is 19.3 Å². The van der Waals surface area contributed by atoms with Crippen molar-refractivity contribution in [2.24, 2.45) is 4.99 Å². The van der Waals surface area contributed by atoms with Crippen LogP contribution in [0.4, 0.5) is 0 Å². The predicted octanol–water partition coefficient (Wildman–Crippen LogP) is 2.73. The monoisotopic (exact) mass is 198 g/mol. The van der Waals surface area contributed by atoms with Crippen LogP contribution in [-0.4, -0.2) is 17.7 Å². The Morgan fingerprint density at radius 1 is 1.20 bits per heavy atom. The fraction of sp³-hybridized carbons (Fsp3) is 0.308. The fourth-order valence-corrected chi connectivity index (χ4v) is 2.42. The van der Waals surface area contributed by atoms with Crippen molar-refractivity contribution < 1.29 is 0 Å². The molecule has 2 heteroatoms. The summed E-state index contributed by atoms with van der Waals surface area (Å²) in [6.07, 6.45) is 3.24. The highest BCUT2D eigenvalue weighted by Crippen LogP contribution is 2.27. The van der Waals surface area contributed by atoms with E-state index in [1.165, 1.54) is 27.9 Å². The quantitative estimate of drug-likeness (QED) is 0.674. The second-order valence-electron chi connectivity index (χ2n) is 4.09. The first kappa shape index (κ1) is 8.72. The van der Waals surface area contributed by atoms with Gasteiger partial charge < -0.3 is 4.98 Å². The van der Waals surface area contributed by atoms with Crippen LogP contribution in [0.15, 0.2) is 29.3 Å². The number of nitrogens with one attached hydrogen (secondary N) is 1. The molecule has 1 aliphatic rings. The highest BCUT2D eigenvalue weighted by atomic mass is 14.7. The summed E-state index contributed by atoms with van der Waals surface area (Å²) in [6.45, 7) is 0. The number of aromatic amines is 1. The summed E-state index contributed by atoms with van der Waals surface area (Å²) in [7, 11) is 1.90. The van der Waals surface area contributed by atoms with E-state index in [4.69, 9.17) is 0 Å². The van der Waals surface area contributed by atoms with Crippen molar-refractivity contribution in [3.05, 3.63) is 35.5 Å². The molecule has 0 saturated heterocycles. The van der Waals surface area contributed by atoms with Crippen LogP contribution >= 0.6 is 0 Å². The Morgan fingerprint density at radius 3 is 2.93 bits per heavy atom. The largest absolute Gasteiger partial charge is 0.358 e. The zero-order valence-corrected chi connectivity index (χ0v) is 8.88. The molecule has 1 aromatic carbocycles. The van der Waals surface area contributed by atoms with Crippen LogP contribution in [-0.2, 0) is 12.8 Å². The van der Waals surface area contributed by atoms with Crippen LogP contribution in [0.1, 0.15) is 17.7 Å². The lowest BCUT2D eigenvalue weighted by Crippen LogP contribution is -2.12. The van der Waals surface area contributed by atoms with Crippen molar-refractivity contribution in [3.63, 3.8) is 0 Å². The van der Waals surface area contributed by atoms with Gasteiger partial charge in [0, 0.05) is 35.8 Å². The van der Waals surface area contributed by atoms with Gasteiger partial charge in [-0.3, -0.25) is 4.99 Å². The maximum atomic E-state index is 4.34. The minimum absolute atomic E-state index is 1.02. The molecule has 0 aliphatic heterocycles. The van der Waals surface area contributed by atoms with Gasteiger partial charge in [-0.2, -0.15) is 0 Å². The number of nitrogens with zero attached hydrogens (tertiary/aromatic N) is 1. The van der Waals surface area contributed by atoms with Gasteiger partial charge in [-0.05, 0) is 24.5 Å². The number of aryl methyl sites for hydroxylation is 1. The van der Waals surface area contributed by atoms with E-state index in [0.29, 0.717) is 0 Å². The number of rotatable bonds is 0. The van der Waals surface area contributed by atoms with E-state index in [1.54, 1.807) is 0 Å². The highest BCUT2D eigenvalue weighted by Gasteiger charge is 2.18. The molecule has 0 fully saturated rings. The lowest BCUT2D eigenvalue weighted by atomic mass is 9.94. The first-order chi connectivity index (χ1) is 7.38. The summed E-state index contributed by atoms with van der Waals surface area (Å²) >= 11 is 0. The van der Waals surface area contributed by atoms with Crippen LogP contribution in [0.2, 0.25) is 0 Å². The van der Waals surface area contributed by atoms with Crippen LogP contribution in [0, 0.1) is 0 Å². The van der Waals surface area contributed by atoms with Gasteiger partial charge in [0.05, 0.1) is 0 Å². The van der Waals surface area contributed by atoms with Gasteiger partial charge in [-0.1, -0.05) is 18.2 Å². The number of aromatic nitrogens is 1. The molecule has 0 atom stereocenters. The number of H-pyrrole nitrogens is 1. The maximum Gasteiger partial charge on any atom is 0.0459 e. The van der Waals surface area contributed by atoms with E-state index in [2.05, 4.69) is 34.2 Å². The SMILES string of the molecule is C/N=C1\CCc2[nH]c3ccccc3c2C1. The lowest BCUT2D eigenvalue weighted by molar-refractivity contribution is 0.918. The molecule has 15 heavy (non-hydrogen) atoms. The van der Waals surface area contributed by atoms with Gasteiger partial charge in [-0.25, -0.2) is 0 Å². The van der Waals surface area contributed by atoms with Crippen molar-refractivity contribution in [1.82, 2.24) is 4.98 Å². The Labute approximate surface area is 89.0 Å². The van der Waals surface area contributed by atoms with Crippen LogP contribution < -0.4 is 0 Å². The van der Waals surface area contributed by atoms with Crippen molar-refractivity contribution in [3.8, 4) is 0 Å². The minimum Gasteiger partial charge on any atom is -0.358 e. The molecule has 2 nitrogen and oxygen atoms in total. The molecule has 1 aromatic heterocycles. The van der Waals surface area contributed by atoms with Crippen molar-refractivity contribution in [1.29, 1.82) is 0 Å². The Kier molecular flexibility index (Phi) is 1.88. The number of para-hydroxylation sites is 1. The Hall–Kier alpha value is -1.57. The van der Waals surface area contributed by atoms with Gasteiger partial charge in [0.2, 0.25) is 0 Å². The second-order valence-corrected chi connectivity index (χ2v) is 4.09. The highest BCUT2D eigenvalue weighted by molar-refractivity contribution is 5.95. The van der Waals surface area contributed by atoms with E-state index in [9.17, 15) is 0 Å². The first-order valence-electron chi connectivity index (χ1n) is 5.41. The Bertz CT molecular complexity index is 534. The number of aliphatic imine (C=N–C) groups is 1. The van der Waals surface area contributed by atoms with Crippen LogP contribution in [0.5, 0.6) is 0 Å². The summed E-state index contributed by atoms with van der Waals surface area (Å²) in [5, 5.41) is 1.37. The number of hydrogen-bond acceptors (Lipinski definition) is 1. The molecular formula is C13H14N2. The molecular weight excluding hydrogens is 184 g/mol. The molecule has 0 spiro atoms. The predicted molar refractivity (Wildman–Crippen MR) is 63.7 cm³/mol. The average Bonchev–Trinajstić information content (AvgIpc) is 2.66.